The Morgan fingerprint density at radius 2 is 1.82 bits per heavy atom. The molecule has 4 nitrogen and oxygen atoms in total. The number of hydrogen-bond acceptors (Lipinski definition) is 4. The summed E-state index contributed by atoms with van der Waals surface area (Å²) >= 11 is 0. The Morgan fingerprint density at radius 1 is 1.18 bits per heavy atom. The van der Waals surface area contributed by atoms with Crippen LogP contribution in [0.25, 0.3) is 0 Å². The van der Waals surface area contributed by atoms with Gasteiger partial charge >= 0.3 is 0 Å². The lowest BCUT2D eigenvalue weighted by Gasteiger charge is -2.06. The van der Waals surface area contributed by atoms with Crippen LogP contribution in [-0.2, 0) is 9.84 Å². The molecule has 17 heavy (non-hydrogen) atoms. The van der Waals surface area contributed by atoms with Gasteiger partial charge in [-0.2, -0.15) is 0 Å². The van der Waals surface area contributed by atoms with Crippen molar-refractivity contribution in [2.45, 2.75) is 13.3 Å². The van der Waals surface area contributed by atoms with Gasteiger partial charge in [-0.15, -0.1) is 0 Å². The molecule has 94 valence electrons. The van der Waals surface area contributed by atoms with Crippen LogP contribution in [-0.4, -0.2) is 32.8 Å². The number of hydrogen-bond donors (Lipinski definition) is 0. The van der Waals surface area contributed by atoms with Crippen LogP contribution in [0.15, 0.2) is 24.3 Å². The lowest BCUT2D eigenvalue weighted by molar-refractivity contribution is 0.112. The highest BCUT2D eigenvalue weighted by Crippen LogP contribution is 2.11. The Labute approximate surface area is 102 Å². The predicted octanol–water partition coefficient (Wildman–Crippen LogP) is 1.70. The van der Waals surface area contributed by atoms with E-state index in [4.69, 9.17) is 4.74 Å². The quantitative estimate of drug-likeness (QED) is 0.697. The molecular weight excluding hydrogens is 240 g/mol. The normalized spacial score (nSPS) is 11.1. The van der Waals surface area contributed by atoms with Gasteiger partial charge in [-0.1, -0.05) is 6.92 Å². The third-order valence-electron chi connectivity index (χ3n) is 2.19. The third-order valence-corrected chi connectivity index (χ3v) is 4.01. The first-order valence-electron chi connectivity index (χ1n) is 5.46. The first kappa shape index (κ1) is 13.7. The smallest absolute Gasteiger partial charge is 0.153 e. The van der Waals surface area contributed by atoms with Crippen molar-refractivity contribution in [2.75, 3.05) is 18.1 Å². The summed E-state index contributed by atoms with van der Waals surface area (Å²) in [5.74, 6) is 0.791. The highest BCUT2D eigenvalue weighted by atomic mass is 32.2. The molecule has 0 unspecified atom stereocenters. The summed E-state index contributed by atoms with van der Waals surface area (Å²) < 4.78 is 28.1. The van der Waals surface area contributed by atoms with Gasteiger partial charge in [-0.25, -0.2) is 8.42 Å². The molecule has 0 aliphatic heterocycles. The molecule has 0 amide bonds. The molecule has 1 rings (SSSR count). The largest absolute Gasteiger partial charge is 0.493 e. The van der Waals surface area contributed by atoms with Crippen molar-refractivity contribution >= 4 is 16.1 Å². The van der Waals surface area contributed by atoms with Crippen LogP contribution in [0.3, 0.4) is 0 Å². The van der Waals surface area contributed by atoms with Crippen molar-refractivity contribution in [1.82, 2.24) is 0 Å². The van der Waals surface area contributed by atoms with Gasteiger partial charge in [-0.05, 0) is 30.7 Å². The van der Waals surface area contributed by atoms with E-state index in [1.54, 1.807) is 24.3 Å². The number of sulfone groups is 1. The molecule has 0 aromatic heterocycles. The van der Waals surface area contributed by atoms with Gasteiger partial charge in [0.2, 0.25) is 0 Å². The minimum absolute atomic E-state index is 0.0241. The predicted molar refractivity (Wildman–Crippen MR) is 66.3 cm³/mol. The van der Waals surface area contributed by atoms with Crippen LogP contribution in [0, 0.1) is 0 Å². The van der Waals surface area contributed by atoms with E-state index in [1.807, 2.05) is 6.92 Å². The lowest BCUT2D eigenvalue weighted by atomic mass is 10.2. The first-order valence-corrected chi connectivity index (χ1v) is 7.28. The maximum atomic E-state index is 11.4. The van der Waals surface area contributed by atoms with E-state index in [0.29, 0.717) is 17.7 Å². The van der Waals surface area contributed by atoms with Gasteiger partial charge in [0, 0.05) is 5.56 Å². The average Bonchev–Trinajstić information content (AvgIpc) is 2.29. The van der Waals surface area contributed by atoms with Crippen LogP contribution in [0.2, 0.25) is 0 Å². The molecule has 0 radical (unpaired) electrons. The summed E-state index contributed by atoms with van der Waals surface area (Å²) in [5.41, 5.74) is 0.566. The van der Waals surface area contributed by atoms with Crippen molar-refractivity contribution in [2.24, 2.45) is 0 Å². The van der Waals surface area contributed by atoms with E-state index in [2.05, 4.69) is 0 Å². The van der Waals surface area contributed by atoms with Crippen LogP contribution in [0.1, 0.15) is 23.7 Å². The maximum absolute atomic E-state index is 11.4. The summed E-state index contributed by atoms with van der Waals surface area (Å²) in [5, 5.41) is 0. The topological polar surface area (TPSA) is 60.4 Å². The summed E-state index contributed by atoms with van der Waals surface area (Å²) in [6.07, 6.45) is 1.37. The molecule has 0 heterocycles. The fourth-order valence-electron chi connectivity index (χ4n) is 1.34. The van der Waals surface area contributed by atoms with Gasteiger partial charge in [0.1, 0.15) is 18.6 Å². The monoisotopic (exact) mass is 256 g/mol. The standard InChI is InChI=1S/C12H16O4S/c1-2-8-17(14,15)9-7-16-12-5-3-11(10-13)4-6-12/h3-6,10H,2,7-9H2,1H3. The minimum atomic E-state index is -3.00. The van der Waals surface area contributed by atoms with E-state index in [1.165, 1.54) is 0 Å². The number of ether oxygens (including phenoxy) is 1. The number of benzene rings is 1. The van der Waals surface area contributed by atoms with E-state index in [0.717, 1.165) is 6.29 Å². The zero-order valence-corrected chi connectivity index (χ0v) is 10.6. The summed E-state index contributed by atoms with van der Waals surface area (Å²) in [4.78, 5) is 10.4. The SMILES string of the molecule is CCCS(=O)(=O)CCOc1ccc(C=O)cc1. The second kappa shape index (κ2) is 6.39. The van der Waals surface area contributed by atoms with Crippen molar-refractivity contribution in [3.8, 4) is 5.75 Å². The van der Waals surface area contributed by atoms with Crippen LogP contribution < -0.4 is 4.74 Å². The van der Waals surface area contributed by atoms with E-state index < -0.39 is 9.84 Å². The number of carbonyl (C=O) groups is 1. The summed E-state index contributed by atoms with van der Waals surface area (Å²) in [6, 6.07) is 6.55. The molecule has 5 heteroatoms. The Hall–Kier alpha value is -1.36. The van der Waals surface area contributed by atoms with Crippen LogP contribution >= 0.6 is 0 Å². The highest BCUT2D eigenvalue weighted by molar-refractivity contribution is 7.91. The number of rotatable bonds is 7. The van der Waals surface area contributed by atoms with Crippen molar-refractivity contribution in [3.05, 3.63) is 29.8 Å². The number of aldehydes is 1. The number of carbonyl (C=O) groups excluding carboxylic acids is 1. The Balaban J connectivity index is 2.43. The van der Waals surface area contributed by atoms with Gasteiger partial charge in [0.25, 0.3) is 0 Å². The van der Waals surface area contributed by atoms with Crippen LogP contribution in [0.4, 0.5) is 0 Å². The van der Waals surface area contributed by atoms with Crippen molar-refractivity contribution in [3.63, 3.8) is 0 Å². The average molecular weight is 256 g/mol. The molecule has 1 aromatic carbocycles. The molecule has 0 atom stereocenters. The molecule has 0 saturated heterocycles. The van der Waals surface area contributed by atoms with Crippen molar-refractivity contribution < 1.29 is 17.9 Å². The Bertz CT molecular complexity index is 448. The molecule has 0 aliphatic carbocycles. The second-order valence-corrected chi connectivity index (χ2v) is 5.99. The second-order valence-electron chi connectivity index (χ2n) is 3.69. The lowest BCUT2D eigenvalue weighted by Crippen LogP contribution is -2.16. The highest BCUT2D eigenvalue weighted by Gasteiger charge is 2.09. The zero-order valence-electron chi connectivity index (χ0n) is 9.76. The molecule has 1 aromatic rings. The Kier molecular flexibility index (Phi) is 5.15. The van der Waals surface area contributed by atoms with Gasteiger partial charge in [0.15, 0.2) is 9.84 Å². The molecule has 0 fully saturated rings. The van der Waals surface area contributed by atoms with E-state index in [9.17, 15) is 13.2 Å². The Morgan fingerprint density at radius 3 is 2.35 bits per heavy atom. The molecular formula is C12H16O4S. The van der Waals surface area contributed by atoms with Gasteiger partial charge in [-0.3, -0.25) is 4.79 Å². The molecule has 0 spiro atoms. The molecule has 0 aliphatic rings. The fraction of sp³-hybridized carbons (Fsp3) is 0.417. The maximum Gasteiger partial charge on any atom is 0.153 e. The van der Waals surface area contributed by atoms with E-state index >= 15 is 0 Å². The third kappa shape index (κ3) is 4.99. The fourth-order valence-corrected chi connectivity index (χ4v) is 2.51. The van der Waals surface area contributed by atoms with E-state index in [-0.39, 0.29) is 18.1 Å². The molecule has 0 saturated carbocycles. The van der Waals surface area contributed by atoms with Crippen molar-refractivity contribution in [1.29, 1.82) is 0 Å². The minimum Gasteiger partial charge on any atom is -0.493 e. The molecule has 0 bridgehead atoms. The van der Waals surface area contributed by atoms with Gasteiger partial charge < -0.3 is 4.74 Å². The summed E-state index contributed by atoms with van der Waals surface area (Å²) in [6.45, 7) is 1.97. The van der Waals surface area contributed by atoms with Crippen LogP contribution in [0.5, 0.6) is 5.75 Å². The first-order chi connectivity index (χ1) is 8.07. The van der Waals surface area contributed by atoms with Gasteiger partial charge in [0.05, 0.1) is 11.5 Å². The summed E-state index contributed by atoms with van der Waals surface area (Å²) in [7, 11) is -3.00. The molecule has 0 N–H and O–H groups in total. The zero-order chi connectivity index (χ0) is 12.7.